The molecular weight excluding hydrogens is 619 g/mol. The summed E-state index contributed by atoms with van der Waals surface area (Å²) in [5, 5.41) is 0.263. The molecule has 0 N–H and O–H groups in total. The summed E-state index contributed by atoms with van der Waals surface area (Å²) in [5.41, 5.74) is 0. The smallest absolute Gasteiger partial charge is 0.306 e. The number of nitrogens with zero attached hydrogens (tertiary/aromatic N) is 1. The molecule has 0 fully saturated rings. The molecule has 0 aliphatic heterocycles. The Bertz CT molecular complexity index is 813. The molecule has 0 aliphatic carbocycles. The van der Waals surface area contributed by atoms with Crippen molar-refractivity contribution in [3.05, 3.63) is 36.5 Å². The van der Waals surface area contributed by atoms with Crippen molar-refractivity contribution in [3.8, 4) is 0 Å². The van der Waals surface area contributed by atoms with Crippen molar-refractivity contribution in [3.63, 3.8) is 0 Å². The van der Waals surface area contributed by atoms with Crippen LogP contribution < -0.4 is 0 Å². The van der Waals surface area contributed by atoms with Gasteiger partial charge in [-0.25, -0.2) is 0 Å². The number of allylic oxidation sites excluding steroid dienone is 5. The highest BCUT2D eigenvalue weighted by Crippen LogP contribution is 2.36. The summed E-state index contributed by atoms with van der Waals surface area (Å²) in [5.74, 6) is -0.0507. The summed E-state index contributed by atoms with van der Waals surface area (Å²) in [6, 6.07) is 0. The first kappa shape index (κ1) is 47.8. The maximum Gasteiger partial charge on any atom is 0.306 e. The van der Waals surface area contributed by atoms with Crippen LogP contribution >= 0.6 is 0 Å². The van der Waals surface area contributed by atoms with Gasteiger partial charge in [-0.1, -0.05) is 148 Å². The molecule has 0 bridgehead atoms. The van der Waals surface area contributed by atoms with Gasteiger partial charge in [0.15, 0.2) is 8.32 Å². The number of hydrogen-bond acceptors (Lipinski definition) is 4. The van der Waals surface area contributed by atoms with Crippen molar-refractivity contribution in [1.29, 1.82) is 0 Å². The fourth-order valence-corrected chi connectivity index (χ4v) is 6.80. The van der Waals surface area contributed by atoms with Gasteiger partial charge in [0.2, 0.25) is 0 Å². The van der Waals surface area contributed by atoms with E-state index < -0.39 is 8.32 Å². The molecule has 0 saturated heterocycles. The van der Waals surface area contributed by atoms with Gasteiger partial charge in [-0.05, 0) is 102 Å². The van der Waals surface area contributed by atoms with Crippen LogP contribution in [0.2, 0.25) is 18.1 Å². The summed E-state index contributed by atoms with van der Waals surface area (Å²) in [6.07, 6.45) is 42.9. The fourth-order valence-electron chi connectivity index (χ4n) is 5.71. The van der Waals surface area contributed by atoms with Gasteiger partial charge < -0.3 is 14.1 Å². The number of rotatable bonds is 35. The van der Waals surface area contributed by atoms with E-state index in [1.807, 2.05) is 6.08 Å². The van der Waals surface area contributed by atoms with E-state index >= 15 is 0 Å². The Hall–Kier alpha value is -1.17. The van der Waals surface area contributed by atoms with Crippen molar-refractivity contribution in [2.45, 2.75) is 207 Å². The number of unbranched alkanes of at least 4 members (excludes halogenated alkanes) is 17. The lowest BCUT2D eigenvalue weighted by atomic mass is 10.1. The summed E-state index contributed by atoms with van der Waals surface area (Å²) < 4.78 is 11.9. The maximum absolute atomic E-state index is 12.2. The van der Waals surface area contributed by atoms with E-state index in [2.05, 4.69) is 83.0 Å². The van der Waals surface area contributed by atoms with Crippen LogP contribution in [-0.4, -0.2) is 52.0 Å². The Morgan fingerprint density at radius 3 is 1.59 bits per heavy atom. The van der Waals surface area contributed by atoms with Gasteiger partial charge in [0.05, 0.1) is 0 Å². The molecule has 0 aromatic carbocycles. The topological polar surface area (TPSA) is 38.8 Å². The van der Waals surface area contributed by atoms with Gasteiger partial charge in [0.25, 0.3) is 0 Å². The maximum atomic E-state index is 12.2. The molecule has 0 rings (SSSR count). The van der Waals surface area contributed by atoms with Crippen LogP contribution in [0.25, 0.3) is 0 Å². The third-order valence-corrected chi connectivity index (χ3v) is 14.7. The van der Waals surface area contributed by atoms with Gasteiger partial charge in [-0.3, -0.25) is 4.79 Å². The summed E-state index contributed by atoms with van der Waals surface area (Å²) in [4.78, 5) is 14.9. The second-order valence-electron chi connectivity index (χ2n) is 15.9. The Morgan fingerprint density at radius 1 is 0.571 bits per heavy atom. The van der Waals surface area contributed by atoms with Crippen LogP contribution in [0.4, 0.5) is 0 Å². The van der Waals surface area contributed by atoms with Crippen molar-refractivity contribution < 1.29 is 14.0 Å². The molecule has 49 heavy (non-hydrogen) atoms. The Kier molecular flexibility index (Phi) is 33.1. The Labute approximate surface area is 308 Å². The van der Waals surface area contributed by atoms with E-state index in [9.17, 15) is 4.79 Å². The van der Waals surface area contributed by atoms with E-state index in [-0.39, 0.29) is 11.0 Å². The highest BCUT2D eigenvalue weighted by atomic mass is 28.4. The number of hydrogen-bond donors (Lipinski definition) is 0. The van der Waals surface area contributed by atoms with Gasteiger partial charge in [-0.2, -0.15) is 0 Å². The molecule has 0 atom stereocenters. The lowest BCUT2D eigenvalue weighted by Crippen LogP contribution is -2.41. The summed E-state index contributed by atoms with van der Waals surface area (Å²) in [6.45, 7) is 20.9. The minimum absolute atomic E-state index is 0.0507. The molecule has 4 nitrogen and oxygen atoms in total. The van der Waals surface area contributed by atoms with Crippen LogP contribution in [0.5, 0.6) is 0 Å². The average Bonchev–Trinajstić information content (AvgIpc) is 3.06. The summed E-state index contributed by atoms with van der Waals surface area (Å²) in [7, 11) is -1.69. The standard InChI is InChI=1S/C44H85NO3Si/c1-8-10-12-14-16-18-19-20-21-22-23-24-25-27-29-33-38-45(40-36-42-48-49(6,7)44(3,4)5)39-34-31-32-37-43(46)47-41-35-30-28-26-17-15-13-11-9-2/h16,18,20-21,30,35H,8-15,17,19,22-29,31-34,36-42H2,1-7H3/b18-16-,21-20-,35-30-. The van der Waals surface area contributed by atoms with Gasteiger partial charge in [0.1, 0.15) is 6.61 Å². The molecular formula is C44H85NO3Si. The molecule has 0 radical (unpaired) electrons. The quantitative estimate of drug-likeness (QED) is 0.0285. The van der Waals surface area contributed by atoms with E-state index in [1.54, 1.807) is 0 Å². The van der Waals surface area contributed by atoms with Gasteiger partial charge in [-0.15, -0.1) is 0 Å². The minimum Gasteiger partial charge on any atom is -0.461 e. The second kappa shape index (κ2) is 33.9. The van der Waals surface area contributed by atoms with Crippen molar-refractivity contribution in [2.24, 2.45) is 0 Å². The first-order valence-electron chi connectivity index (χ1n) is 21.1. The highest BCUT2D eigenvalue weighted by Gasteiger charge is 2.36. The minimum atomic E-state index is -1.69. The first-order valence-corrected chi connectivity index (χ1v) is 24.0. The number of carbonyl (C=O) groups is 1. The predicted octanol–water partition coefficient (Wildman–Crippen LogP) is 13.9. The fraction of sp³-hybridized carbons (Fsp3) is 0.841. The van der Waals surface area contributed by atoms with Crippen LogP contribution in [0.1, 0.15) is 189 Å². The van der Waals surface area contributed by atoms with Crippen molar-refractivity contribution in [2.75, 3.05) is 32.8 Å². The molecule has 0 aromatic rings. The third-order valence-electron chi connectivity index (χ3n) is 10.1. The molecule has 0 heterocycles. The molecule has 0 unspecified atom stereocenters. The Morgan fingerprint density at radius 2 is 1.02 bits per heavy atom. The second-order valence-corrected chi connectivity index (χ2v) is 20.7. The molecule has 0 amide bonds. The number of carbonyl (C=O) groups excluding carboxylic acids is 1. The average molecular weight is 704 g/mol. The van der Waals surface area contributed by atoms with Crippen LogP contribution in [0, 0.1) is 0 Å². The van der Waals surface area contributed by atoms with Crippen molar-refractivity contribution in [1.82, 2.24) is 4.90 Å². The SMILES string of the molecule is CCCCC/C=C\C/C=C\CCCCCCCCN(CCCCCC(=O)OC/C=C\CCCCCCCC)CCCO[Si](C)(C)C(C)(C)C. The molecule has 0 aliphatic rings. The van der Waals surface area contributed by atoms with Crippen molar-refractivity contribution >= 4 is 14.3 Å². The predicted molar refractivity (Wildman–Crippen MR) is 220 cm³/mol. The zero-order chi connectivity index (χ0) is 36.3. The zero-order valence-electron chi connectivity index (χ0n) is 34.1. The molecule has 0 spiro atoms. The Balaban J connectivity index is 4.21. The highest BCUT2D eigenvalue weighted by molar-refractivity contribution is 6.74. The number of ether oxygens (including phenoxy) is 1. The monoisotopic (exact) mass is 704 g/mol. The lowest BCUT2D eigenvalue weighted by Gasteiger charge is -2.36. The molecule has 0 aromatic heterocycles. The van der Waals surface area contributed by atoms with Gasteiger partial charge >= 0.3 is 5.97 Å². The van der Waals surface area contributed by atoms with E-state index in [0.717, 1.165) is 58.2 Å². The van der Waals surface area contributed by atoms with Crippen LogP contribution in [0.3, 0.4) is 0 Å². The van der Waals surface area contributed by atoms with E-state index in [1.165, 1.54) is 116 Å². The summed E-state index contributed by atoms with van der Waals surface area (Å²) >= 11 is 0. The first-order chi connectivity index (χ1) is 23.6. The molecule has 0 saturated carbocycles. The number of esters is 1. The van der Waals surface area contributed by atoms with Crippen LogP contribution in [0.15, 0.2) is 36.5 Å². The van der Waals surface area contributed by atoms with E-state index in [4.69, 9.17) is 9.16 Å². The lowest BCUT2D eigenvalue weighted by molar-refractivity contribution is -0.142. The largest absolute Gasteiger partial charge is 0.461 e. The van der Waals surface area contributed by atoms with Crippen LogP contribution in [-0.2, 0) is 14.0 Å². The third kappa shape index (κ3) is 32.5. The zero-order valence-corrected chi connectivity index (χ0v) is 35.1. The normalized spacial score (nSPS) is 12.8. The molecule has 288 valence electrons. The van der Waals surface area contributed by atoms with E-state index in [0.29, 0.717) is 13.0 Å². The van der Waals surface area contributed by atoms with Gasteiger partial charge in [0, 0.05) is 19.6 Å². The molecule has 5 heteroatoms.